The molecule has 0 bridgehead atoms. The molecule has 1 aliphatic carbocycles. The molecular weight excluding hydrogens is 280 g/mol. The maximum atomic E-state index is 11.8. The predicted molar refractivity (Wildman–Crippen MR) is 85.5 cm³/mol. The molecule has 0 spiro atoms. The fourth-order valence-corrected chi connectivity index (χ4v) is 2.58. The Hall–Kier alpha value is -1.56. The van der Waals surface area contributed by atoms with E-state index in [2.05, 4.69) is 22.7 Å². The summed E-state index contributed by atoms with van der Waals surface area (Å²) in [6.45, 7) is 8.32. The van der Waals surface area contributed by atoms with Gasteiger partial charge in [-0.2, -0.15) is 5.10 Å². The van der Waals surface area contributed by atoms with Gasteiger partial charge in [0.05, 0.1) is 5.69 Å². The Morgan fingerprint density at radius 1 is 1.50 bits per heavy atom. The van der Waals surface area contributed by atoms with Gasteiger partial charge in [-0.3, -0.25) is 4.68 Å². The summed E-state index contributed by atoms with van der Waals surface area (Å²) >= 11 is 0. The number of nitrogens with zero attached hydrogens (tertiary/aromatic N) is 2. The summed E-state index contributed by atoms with van der Waals surface area (Å²) in [5, 5.41) is 10.7. The molecule has 1 aliphatic rings. The van der Waals surface area contributed by atoms with Crippen LogP contribution in [0, 0.1) is 5.92 Å². The number of carbonyl (C=O) groups is 1. The van der Waals surface area contributed by atoms with Gasteiger partial charge >= 0.3 is 6.09 Å². The van der Waals surface area contributed by atoms with E-state index in [-0.39, 0.29) is 18.2 Å². The largest absolute Gasteiger partial charge is 0.444 e. The molecule has 6 heteroatoms. The summed E-state index contributed by atoms with van der Waals surface area (Å²) in [6, 6.07) is 2.47. The smallest absolute Gasteiger partial charge is 0.407 e. The van der Waals surface area contributed by atoms with Gasteiger partial charge in [0.2, 0.25) is 0 Å². The highest BCUT2D eigenvalue weighted by Crippen LogP contribution is 2.33. The van der Waals surface area contributed by atoms with Crippen LogP contribution in [0.25, 0.3) is 0 Å². The number of alkyl carbamates (subject to hydrolysis) is 1. The van der Waals surface area contributed by atoms with E-state index in [9.17, 15) is 4.79 Å². The summed E-state index contributed by atoms with van der Waals surface area (Å²) in [5.74, 6) is 0.630. The first-order chi connectivity index (χ1) is 10.3. The zero-order valence-corrected chi connectivity index (χ0v) is 14.2. The van der Waals surface area contributed by atoms with Crippen LogP contribution in [0.15, 0.2) is 12.3 Å². The highest BCUT2D eigenvalue weighted by molar-refractivity contribution is 5.67. The number of nitrogens with one attached hydrogen (secondary N) is 2. The second-order valence-electron chi connectivity index (χ2n) is 7.09. The van der Waals surface area contributed by atoms with Crippen molar-refractivity contribution in [2.45, 2.75) is 58.2 Å². The van der Waals surface area contributed by atoms with E-state index in [0.29, 0.717) is 12.5 Å². The van der Waals surface area contributed by atoms with Crippen LogP contribution in [0.1, 0.15) is 52.3 Å². The van der Waals surface area contributed by atoms with Gasteiger partial charge in [-0.1, -0.05) is 0 Å². The summed E-state index contributed by atoms with van der Waals surface area (Å²) in [5.41, 5.74) is 0.678. The van der Waals surface area contributed by atoms with Gasteiger partial charge in [0, 0.05) is 31.9 Å². The molecule has 124 valence electrons. The van der Waals surface area contributed by atoms with E-state index in [4.69, 9.17) is 4.74 Å². The molecule has 2 atom stereocenters. The third-order valence-electron chi connectivity index (χ3n) is 3.82. The first-order valence-corrected chi connectivity index (χ1v) is 7.97. The van der Waals surface area contributed by atoms with Crippen molar-refractivity contribution in [3.05, 3.63) is 18.0 Å². The van der Waals surface area contributed by atoms with Crippen molar-refractivity contribution >= 4 is 6.09 Å². The second-order valence-corrected chi connectivity index (χ2v) is 7.09. The Morgan fingerprint density at radius 2 is 2.18 bits per heavy atom. The Balaban J connectivity index is 1.86. The van der Waals surface area contributed by atoms with Crippen molar-refractivity contribution in [3.8, 4) is 0 Å². The molecule has 1 saturated carbocycles. The van der Waals surface area contributed by atoms with Crippen molar-refractivity contribution < 1.29 is 9.53 Å². The van der Waals surface area contributed by atoms with Crippen LogP contribution in [0.4, 0.5) is 4.79 Å². The molecule has 2 unspecified atom stereocenters. The van der Waals surface area contributed by atoms with Crippen molar-refractivity contribution in [2.75, 3.05) is 6.54 Å². The van der Waals surface area contributed by atoms with Gasteiger partial charge in [0.15, 0.2) is 0 Å². The van der Waals surface area contributed by atoms with Crippen LogP contribution < -0.4 is 10.6 Å². The number of hydrogen-bond acceptors (Lipinski definition) is 4. The second kappa shape index (κ2) is 6.69. The standard InChI is InChI=1S/C16H28N4O2/c1-11(14-8-9-18-20(14)5)19-13(12-6-7-12)10-17-15(21)22-16(2,3)4/h8-9,11-13,19H,6-7,10H2,1-5H3,(H,17,21). The maximum Gasteiger partial charge on any atom is 0.407 e. The first kappa shape index (κ1) is 16.8. The van der Waals surface area contributed by atoms with E-state index >= 15 is 0 Å². The van der Waals surface area contributed by atoms with E-state index < -0.39 is 5.60 Å². The SMILES string of the molecule is CC(NC(CNC(=O)OC(C)(C)C)C1CC1)c1ccnn1C. The number of ether oxygens (including phenoxy) is 1. The zero-order valence-electron chi connectivity index (χ0n) is 14.2. The first-order valence-electron chi connectivity index (χ1n) is 7.97. The molecule has 1 aromatic rings. The van der Waals surface area contributed by atoms with Gasteiger partial charge in [0.25, 0.3) is 0 Å². The number of rotatable bonds is 6. The fraction of sp³-hybridized carbons (Fsp3) is 0.750. The minimum Gasteiger partial charge on any atom is -0.444 e. The Kier molecular flexibility index (Phi) is 5.11. The average molecular weight is 308 g/mol. The highest BCUT2D eigenvalue weighted by atomic mass is 16.6. The summed E-state index contributed by atoms with van der Waals surface area (Å²) in [7, 11) is 1.94. The predicted octanol–water partition coefficient (Wildman–Crippen LogP) is 2.37. The van der Waals surface area contributed by atoms with E-state index in [1.54, 1.807) is 6.20 Å². The minimum absolute atomic E-state index is 0.193. The van der Waals surface area contributed by atoms with Gasteiger partial charge in [-0.15, -0.1) is 0 Å². The topological polar surface area (TPSA) is 68.2 Å². The number of hydrogen-bond donors (Lipinski definition) is 2. The number of carbonyl (C=O) groups excluding carboxylic acids is 1. The lowest BCUT2D eigenvalue weighted by molar-refractivity contribution is 0.0520. The summed E-state index contributed by atoms with van der Waals surface area (Å²) in [6.07, 6.45) is 3.88. The van der Waals surface area contributed by atoms with Crippen molar-refractivity contribution in [3.63, 3.8) is 0 Å². The molecule has 0 aliphatic heterocycles. The van der Waals surface area contributed by atoms with Crippen molar-refractivity contribution in [1.82, 2.24) is 20.4 Å². The molecule has 2 rings (SSSR count). The third-order valence-corrected chi connectivity index (χ3v) is 3.82. The molecule has 6 nitrogen and oxygen atoms in total. The van der Waals surface area contributed by atoms with Crippen LogP contribution in [-0.4, -0.2) is 34.1 Å². The van der Waals surface area contributed by atoms with Crippen LogP contribution in [0.2, 0.25) is 0 Å². The van der Waals surface area contributed by atoms with Crippen LogP contribution in [0.3, 0.4) is 0 Å². The van der Waals surface area contributed by atoms with Crippen LogP contribution in [0.5, 0.6) is 0 Å². The van der Waals surface area contributed by atoms with E-state index in [1.807, 2.05) is 38.6 Å². The molecular formula is C16H28N4O2. The lowest BCUT2D eigenvalue weighted by Crippen LogP contribution is -2.45. The lowest BCUT2D eigenvalue weighted by atomic mass is 10.1. The fourth-order valence-electron chi connectivity index (χ4n) is 2.58. The van der Waals surface area contributed by atoms with Crippen molar-refractivity contribution in [2.24, 2.45) is 13.0 Å². The number of amides is 1. The van der Waals surface area contributed by atoms with Crippen LogP contribution in [-0.2, 0) is 11.8 Å². The maximum absolute atomic E-state index is 11.8. The van der Waals surface area contributed by atoms with Crippen molar-refractivity contribution in [1.29, 1.82) is 0 Å². The zero-order chi connectivity index (χ0) is 16.3. The Labute approximate surface area is 132 Å². The molecule has 0 radical (unpaired) electrons. The number of aryl methyl sites for hydroxylation is 1. The van der Waals surface area contributed by atoms with Crippen LogP contribution >= 0.6 is 0 Å². The molecule has 1 aromatic heterocycles. The van der Waals surface area contributed by atoms with Gasteiger partial charge < -0.3 is 15.4 Å². The minimum atomic E-state index is -0.464. The quantitative estimate of drug-likeness (QED) is 0.846. The molecule has 1 heterocycles. The molecule has 22 heavy (non-hydrogen) atoms. The molecule has 0 saturated heterocycles. The monoisotopic (exact) mass is 308 g/mol. The average Bonchev–Trinajstić information content (AvgIpc) is 3.14. The summed E-state index contributed by atoms with van der Waals surface area (Å²) < 4.78 is 7.17. The molecule has 0 aromatic carbocycles. The lowest BCUT2D eigenvalue weighted by Gasteiger charge is -2.25. The Morgan fingerprint density at radius 3 is 2.68 bits per heavy atom. The highest BCUT2D eigenvalue weighted by Gasteiger charge is 2.33. The molecule has 1 amide bonds. The van der Waals surface area contributed by atoms with Gasteiger partial charge in [0.1, 0.15) is 5.60 Å². The normalized spacial score (nSPS) is 17.9. The third kappa shape index (κ3) is 5.02. The number of aromatic nitrogens is 2. The van der Waals surface area contributed by atoms with E-state index in [0.717, 1.165) is 5.69 Å². The van der Waals surface area contributed by atoms with E-state index in [1.165, 1.54) is 12.8 Å². The van der Waals surface area contributed by atoms with Gasteiger partial charge in [-0.25, -0.2) is 4.79 Å². The van der Waals surface area contributed by atoms with Gasteiger partial charge in [-0.05, 0) is 52.5 Å². The summed E-state index contributed by atoms with van der Waals surface area (Å²) in [4.78, 5) is 11.8. The molecule has 2 N–H and O–H groups in total. The Bertz CT molecular complexity index is 502. The molecule has 1 fully saturated rings.